The van der Waals surface area contributed by atoms with Gasteiger partial charge in [-0.3, -0.25) is 9.59 Å². The van der Waals surface area contributed by atoms with Crippen LogP contribution < -0.4 is 5.73 Å². The Hall–Kier alpha value is -3.46. The van der Waals surface area contributed by atoms with Crippen LogP contribution in [0.3, 0.4) is 0 Å². The molecule has 26 heavy (non-hydrogen) atoms. The molecule has 4 rings (SSSR count). The fourth-order valence-corrected chi connectivity index (χ4v) is 3.19. The summed E-state index contributed by atoms with van der Waals surface area (Å²) < 4.78 is 0. The van der Waals surface area contributed by atoms with Crippen molar-refractivity contribution in [2.24, 2.45) is 0 Å². The monoisotopic (exact) mass is 339 g/mol. The highest BCUT2D eigenvalue weighted by Gasteiger charge is 2.29. The van der Waals surface area contributed by atoms with Gasteiger partial charge in [-0.2, -0.15) is 0 Å². The van der Waals surface area contributed by atoms with E-state index >= 15 is 0 Å². The molecule has 3 aromatic carbocycles. The Labute approximate surface area is 151 Å². The van der Waals surface area contributed by atoms with Crippen LogP contribution in [0.5, 0.6) is 0 Å². The Morgan fingerprint density at radius 2 is 1.19 bits per heavy atom. The largest absolute Gasteiger partial charge is 0.399 e. The highest BCUT2D eigenvalue weighted by molar-refractivity contribution is 6.28. The maximum atomic E-state index is 12.8. The molecule has 3 nitrogen and oxygen atoms in total. The van der Waals surface area contributed by atoms with Gasteiger partial charge in [-0.15, -0.1) is 0 Å². The van der Waals surface area contributed by atoms with Gasteiger partial charge in [0.1, 0.15) is 0 Å². The van der Waals surface area contributed by atoms with Gasteiger partial charge in [0, 0.05) is 27.9 Å². The second kappa shape index (κ2) is 6.12. The highest BCUT2D eigenvalue weighted by atomic mass is 16.1. The van der Waals surface area contributed by atoms with Crippen molar-refractivity contribution in [3.05, 3.63) is 99.6 Å². The van der Waals surface area contributed by atoms with Crippen molar-refractivity contribution in [2.45, 2.75) is 6.92 Å². The number of hydrogen-bond acceptors (Lipinski definition) is 3. The van der Waals surface area contributed by atoms with Gasteiger partial charge in [-0.25, -0.2) is 0 Å². The summed E-state index contributed by atoms with van der Waals surface area (Å²) in [6.07, 6.45) is 3.88. The average molecular weight is 339 g/mol. The molecule has 3 aromatic rings. The summed E-state index contributed by atoms with van der Waals surface area (Å²) in [5.74, 6) is -0.190. The molecule has 0 unspecified atom stereocenters. The number of aryl methyl sites for hydroxylation is 1. The second-order valence-corrected chi connectivity index (χ2v) is 6.51. The number of nitrogen functional groups attached to an aromatic ring is 1. The third-order valence-electron chi connectivity index (χ3n) is 4.60. The number of hydrogen-bond donors (Lipinski definition) is 1. The molecule has 0 spiro atoms. The molecule has 0 heterocycles. The molecular weight excluding hydrogens is 322 g/mol. The molecule has 2 N–H and O–H groups in total. The quantitative estimate of drug-likeness (QED) is 0.431. The third-order valence-corrected chi connectivity index (χ3v) is 4.60. The molecule has 3 heteroatoms. The van der Waals surface area contributed by atoms with Gasteiger partial charge < -0.3 is 5.73 Å². The summed E-state index contributed by atoms with van der Waals surface area (Å²) in [6, 6.07) is 18.3. The van der Waals surface area contributed by atoms with Crippen molar-refractivity contribution in [3.63, 3.8) is 0 Å². The van der Waals surface area contributed by atoms with Gasteiger partial charge >= 0.3 is 0 Å². The van der Waals surface area contributed by atoms with Crippen molar-refractivity contribution >= 4 is 29.4 Å². The Bertz CT molecular complexity index is 1080. The van der Waals surface area contributed by atoms with E-state index < -0.39 is 0 Å². The number of ketones is 2. The first-order chi connectivity index (χ1) is 12.5. The smallest absolute Gasteiger partial charge is 0.194 e. The summed E-state index contributed by atoms with van der Waals surface area (Å²) in [5, 5.41) is 0. The molecule has 0 saturated heterocycles. The normalized spacial score (nSPS) is 13.0. The number of carbonyl (C=O) groups excluding carboxylic acids is 2. The fraction of sp³-hybridized carbons (Fsp3) is 0.0435. The molecule has 0 atom stereocenters. The molecule has 0 saturated carbocycles. The number of rotatable bonds is 2. The zero-order valence-corrected chi connectivity index (χ0v) is 14.3. The first-order valence-electron chi connectivity index (χ1n) is 8.41. The molecule has 1 aliphatic carbocycles. The number of benzene rings is 3. The fourth-order valence-electron chi connectivity index (χ4n) is 3.19. The SMILES string of the molecule is Cc1ccc2c(c1)C(=O)c1ccc(C=Cc3ccc(N)cc3)cc1C2=O. The summed E-state index contributed by atoms with van der Waals surface area (Å²) in [7, 11) is 0. The van der Waals surface area contributed by atoms with E-state index in [9.17, 15) is 9.59 Å². The Morgan fingerprint density at radius 3 is 1.88 bits per heavy atom. The van der Waals surface area contributed by atoms with E-state index in [4.69, 9.17) is 5.73 Å². The minimum atomic E-state index is -0.0997. The second-order valence-electron chi connectivity index (χ2n) is 6.51. The first kappa shape index (κ1) is 16.0. The minimum Gasteiger partial charge on any atom is -0.399 e. The highest BCUT2D eigenvalue weighted by Crippen LogP contribution is 2.29. The van der Waals surface area contributed by atoms with Crippen molar-refractivity contribution in [1.82, 2.24) is 0 Å². The minimum absolute atomic E-state index is 0.0904. The summed E-state index contributed by atoms with van der Waals surface area (Å²) in [5.41, 5.74) is 11.2. The Balaban J connectivity index is 1.72. The van der Waals surface area contributed by atoms with Crippen LogP contribution in [0.4, 0.5) is 5.69 Å². The van der Waals surface area contributed by atoms with Gasteiger partial charge in [0.25, 0.3) is 0 Å². The van der Waals surface area contributed by atoms with Gasteiger partial charge in [-0.1, -0.05) is 48.0 Å². The number of nitrogens with two attached hydrogens (primary N) is 1. The van der Waals surface area contributed by atoms with E-state index in [1.54, 1.807) is 24.3 Å². The summed E-state index contributed by atoms with van der Waals surface area (Å²) in [4.78, 5) is 25.6. The van der Waals surface area contributed by atoms with Crippen LogP contribution in [-0.2, 0) is 0 Å². The lowest BCUT2D eigenvalue weighted by atomic mass is 9.82. The van der Waals surface area contributed by atoms with Crippen LogP contribution >= 0.6 is 0 Å². The van der Waals surface area contributed by atoms with Crippen LogP contribution in [0.2, 0.25) is 0 Å². The maximum Gasteiger partial charge on any atom is 0.194 e. The van der Waals surface area contributed by atoms with Crippen LogP contribution in [0.25, 0.3) is 12.2 Å². The molecule has 0 aliphatic heterocycles. The molecule has 0 fully saturated rings. The zero-order valence-electron chi connectivity index (χ0n) is 14.3. The molecule has 0 aromatic heterocycles. The Morgan fingerprint density at radius 1 is 0.654 bits per heavy atom. The molecule has 0 radical (unpaired) electrons. The molecular formula is C23H17NO2. The van der Waals surface area contributed by atoms with Crippen LogP contribution in [0.15, 0.2) is 60.7 Å². The van der Waals surface area contributed by atoms with E-state index in [1.807, 2.05) is 55.5 Å². The number of anilines is 1. The Kier molecular flexibility index (Phi) is 3.77. The summed E-state index contributed by atoms with van der Waals surface area (Å²) >= 11 is 0. The molecule has 0 amide bonds. The van der Waals surface area contributed by atoms with E-state index in [2.05, 4.69) is 0 Å². The number of carbonyl (C=O) groups is 2. The molecule has 126 valence electrons. The van der Waals surface area contributed by atoms with Crippen LogP contribution in [0.1, 0.15) is 48.5 Å². The lowest BCUT2D eigenvalue weighted by molar-refractivity contribution is 0.0979. The number of fused-ring (bicyclic) bond motifs is 2. The standard InChI is InChI=1S/C23H17NO2/c1-14-2-10-18-20(12-14)22(25)19-11-7-16(13-21(19)23(18)26)4-3-15-5-8-17(24)9-6-15/h2-13H,24H2,1H3. The van der Waals surface area contributed by atoms with Gasteiger partial charge in [0.05, 0.1) is 0 Å². The van der Waals surface area contributed by atoms with Gasteiger partial charge in [0.2, 0.25) is 0 Å². The molecule has 0 bridgehead atoms. The van der Waals surface area contributed by atoms with E-state index in [-0.39, 0.29) is 11.6 Å². The van der Waals surface area contributed by atoms with Crippen LogP contribution in [-0.4, -0.2) is 11.6 Å². The molecule has 1 aliphatic rings. The lowest BCUT2D eigenvalue weighted by Crippen LogP contribution is -2.21. The zero-order chi connectivity index (χ0) is 18.3. The van der Waals surface area contributed by atoms with Crippen molar-refractivity contribution in [2.75, 3.05) is 5.73 Å². The van der Waals surface area contributed by atoms with E-state index in [0.29, 0.717) is 27.9 Å². The van der Waals surface area contributed by atoms with E-state index in [1.165, 1.54) is 0 Å². The van der Waals surface area contributed by atoms with E-state index in [0.717, 1.165) is 16.7 Å². The van der Waals surface area contributed by atoms with Crippen molar-refractivity contribution in [1.29, 1.82) is 0 Å². The third kappa shape index (κ3) is 2.74. The van der Waals surface area contributed by atoms with Crippen LogP contribution in [0, 0.1) is 6.92 Å². The first-order valence-corrected chi connectivity index (χ1v) is 8.41. The summed E-state index contributed by atoms with van der Waals surface area (Å²) in [6.45, 7) is 1.92. The predicted octanol–water partition coefficient (Wildman–Crippen LogP) is 4.52. The topological polar surface area (TPSA) is 60.2 Å². The predicted molar refractivity (Wildman–Crippen MR) is 104 cm³/mol. The average Bonchev–Trinajstić information content (AvgIpc) is 2.65. The van der Waals surface area contributed by atoms with Crippen molar-refractivity contribution in [3.8, 4) is 0 Å². The lowest BCUT2D eigenvalue weighted by Gasteiger charge is -2.18. The van der Waals surface area contributed by atoms with Crippen molar-refractivity contribution < 1.29 is 9.59 Å². The van der Waals surface area contributed by atoms with Gasteiger partial charge in [-0.05, 0) is 48.4 Å². The van der Waals surface area contributed by atoms with Gasteiger partial charge in [0.15, 0.2) is 11.6 Å². The maximum absolute atomic E-state index is 12.8.